The van der Waals surface area contributed by atoms with Gasteiger partial charge in [-0.3, -0.25) is 9.69 Å². The highest BCUT2D eigenvalue weighted by Crippen LogP contribution is 2.21. The highest BCUT2D eigenvalue weighted by atomic mass is 16.1. The van der Waals surface area contributed by atoms with Crippen LogP contribution in [0.5, 0.6) is 0 Å². The van der Waals surface area contributed by atoms with E-state index in [0.29, 0.717) is 12.6 Å². The van der Waals surface area contributed by atoms with E-state index < -0.39 is 0 Å². The highest BCUT2D eigenvalue weighted by molar-refractivity contribution is 5.96. The van der Waals surface area contributed by atoms with Crippen LogP contribution < -0.4 is 11.1 Å². The van der Waals surface area contributed by atoms with E-state index in [9.17, 15) is 4.79 Å². The first-order valence-electron chi connectivity index (χ1n) is 8.34. The molecule has 1 atom stereocenters. The second-order valence-corrected chi connectivity index (χ2v) is 6.05. The summed E-state index contributed by atoms with van der Waals surface area (Å²) in [6, 6.07) is 8.86. The smallest absolute Gasteiger partial charge is 0.273 e. The lowest BCUT2D eigenvalue weighted by molar-refractivity contribution is 0.0922. The number of nitrogens with one attached hydrogen (secondary N) is 1. The minimum atomic E-state index is -0.267. The van der Waals surface area contributed by atoms with E-state index in [-0.39, 0.29) is 17.4 Å². The SMILES string of the molecule is CCC(CNC(=O)c1nccnc1N)N1CCc2ccccc2C1. The first kappa shape index (κ1) is 16.4. The normalized spacial score (nSPS) is 15.5. The predicted octanol–water partition coefficient (Wildman–Crippen LogP) is 1.63. The van der Waals surface area contributed by atoms with Gasteiger partial charge in [0.05, 0.1) is 0 Å². The van der Waals surface area contributed by atoms with Gasteiger partial charge in [0.1, 0.15) is 0 Å². The molecule has 2 heterocycles. The number of rotatable bonds is 5. The van der Waals surface area contributed by atoms with Gasteiger partial charge in [-0.25, -0.2) is 9.97 Å². The summed E-state index contributed by atoms with van der Waals surface area (Å²) in [5.74, 6) is -0.105. The Kier molecular flexibility index (Phi) is 5.05. The molecule has 0 aliphatic carbocycles. The maximum atomic E-state index is 12.3. The van der Waals surface area contributed by atoms with Gasteiger partial charge in [0, 0.05) is 38.1 Å². The minimum absolute atomic E-state index is 0.162. The number of carbonyl (C=O) groups is 1. The number of fused-ring (bicyclic) bond motifs is 1. The van der Waals surface area contributed by atoms with Crippen LogP contribution in [0.15, 0.2) is 36.7 Å². The summed E-state index contributed by atoms with van der Waals surface area (Å²) in [4.78, 5) is 22.6. The average Bonchev–Trinajstić information content (AvgIpc) is 2.62. The van der Waals surface area contributed by atoms with Crippen LogP contribution in [-0.2, 0) is 13.0 Å². The molecule has 0 spiro atoms. The van der Waals surface area contributed by atoms with Gasteiger partial charge in [-0.15, -0.1) is 0 Å². The molecule has 0 radical (unpaired) electrons. The fourth-order valence-corrected chi connectivity index (χ4v) is 3.18. The number of nitrogen functional groups attached to an aromatic ring is 1. The fourth-order valence-electron chi connectivity index (χ4n) is 3.18. The third kappa shape index (κ3) is 3.54. The van der Waals surface area contributed by atoms with Crippen molar-refractivity contribution in [2.24, 2.45) is 0 Å². The molecule has 1 aliphatic rings. The second-order valence-electron chi connectivity index (χ2n) is 6.05. The van der Waals surface area contributed by atoms with Crippen LogP contribution in [0.4, 0.5) is 5.82 Å². The topological polar surface area (TPSA) is 84.1 Å². The molecule has 1 aromatic heterocycles. The lowest BCUT2D eigenvalue weighted by Crippen LogP contribution is -2.45. The number of carbonyl (C=O) groups excluding carboxylic acids is 1. The maximum Gasteiger partial charge on any atom is 0.273 e. The van der Waals surface area contributed by atoms with E-state index >= 15 is 0 Å². The number of nitrogens with two attached hydrogens (primary N) is 1. The van der Waals surface area contributed by atoms with Crippen molar-refractivity contribution in [2.75, 3.05) is 18.8 Å². The van der Waals surface area contributed by atoms with Crippen molar-refractivity contribution in [3.63, 3.8) is 0 Å². The first-order valence-corrected chi connectivity index (χ1v) is 8.34. The predicted molar refractivity (Wildman–Crippen MR) is 93.4 cm³/mol. The molecule has 1 aliphatic heterocycles. The van der Waals surface area contributed by atoms with Crippen molar-refractivity contribution in [2.45, 2.75) is 32.4 Å². The minimum Gasteiger partial charge on any atom is -0.382 e. The Balaban J connectivity index is 1.62. The lowest BCUT2D eigenvalue weighted by Gasteiger charge is -2.35. The molecule has 24 heavy (non-hydrogen) atoms. The van der Waals surface area contributed by atoms with Gasteiger partial charge in [-0.1, -0.05) is 31.2 Å². The van der Waals surface area contributed by atoms with Crippen LogP contribution in [0.2, 0.25) is 0 Å². The van der Waals surface area contributed by atoms with Crippen molar-refractivity contribution in [3.05, 3.63) is 53.5 Å². The Hall–Kier alpha value is -2.47. The number of amides is 1. The molecular weight excluding hydrogens is 302 g/mol. The summed E-state index contributed by atoms with van der Waals surface area (Å²) in [5.41, 5.74) is 8.71. The van der Waals surface area contributed by atoms with E-state index in [2.05, 4.69) is 51.4 Å². The van der Waals surface area contributed by atoms with Crippen molar-refractivity contribution < 1.29 is 4.79 Å². The van der Waals surface area contributed by atoms with Crippen LogP contribution in [0, 0.1) is 0 Å². The van der Waals surface area contributed by atoms with E-state index in [1.807, 2.05) is 0 Å². The number of aromatic nitrogens is 2. The van der Waals surface area contributed by atoms with Crippen molar-refractivity contribution in [1.82, 2.24) is 20.2 Å². The van der Waals surface area contributed by atoms with Crippen molar-refractivity contribution in [1.29, 1.82) is 0 Å². The number of hydrogen-bond acceptors (Lipinski definition) is 5. The zero-order chi connectivity index (χ0) is 16.9. The quantitative estimate of drug-likeness (QED) is 0.873. The molecule has 126 valence electrons. The van der Waals surface area contributed by atoms with Gasteiger partial charge in [0.2, 0.25) is 0 Å². The number of anilines is 1. The largest absolute Gasteiger partial charge is 0.382 e. The Bertz CT molecular complexity index is 718. The molecule has 0 bridgehead atoms. The van der Waals surface area contributed by atoms with Gasteiger partial charge in [0.15, 0.2) is 11.5 Å². The van der Waals surface area contributed by atoms with Crippen LogP contribution in [0.25, 0.3) is 0 Å². The highest BCUT2D eigenvalue weighted by Gasteiger charge is 2.23. The molecule has 0 fully saturated rings. The monoisotopic (exact) mass is 325 g/mol. The molecular formula is C18H23N5O. The standard InChI is InChI=1S/C18H23N5O/c1-2-15(11-22-18(24)16-17(19)21-9-8-20-16)23-10-7-13-5-3-4-6-14(13)12-23/h3-6,8-9,15H,2,7,10-12H2,1H3,(H2,19,21)(H,22,24). The molecule has 1 unspecified atom stereocenters. The number of benzene rings is 1. The second kappa shape index (κ2) is 7.40. The zero-order valence-corrected chi connectivity index (χ0v) is 13.9. The van der Waals surface area contributed by atoms with Crippen LogP contribution in [0.1, 0.15) is 35.0 Å². The molecule has 0 saturated heterocycles. The van der Waals surface area contributed by atoms with Gasteiger partial charge in [-0.2, -0.15) is 0 Å². The third-order valence-electron chi connectivity index (χ3n) is 4.59. The summed E-state index contributed by atoms with van der Waals surface area (Å²) in [7, 11) is 0. The van der Waals surface area contributed by atoms with Crippen LogP contribution in [0.3, 0.4) is 0 Å². The van der Waals surface area contributed by atoms with E-state index in [1.165, 1.54) is 23.5 Å². The zero-order valence-electron chi connectivity index (χ0n) is 13.9. The molecule has 6 heteroatoms. The molecule has 2 aromatic rings. The molecule has 6 nitrogen and oxygen atoms in total. The van der Waals surface area contributed by atoms with Crippen molar-refractivity contribution >= 4 is 11.7 Å². The Morgan fingerprint density at radius 1 is 1.29 bits per heavy atom. The van der Waals surface area contributed by atoms with Crippen LogP contribution >= 0.6 is 0 Å². The summed E-state index contributed by atoms with van der Waals surface area (Å²) >= 11 is 0. The molecule has 0 saturated carbocycles. The van der Waals surface area contributed by atoms with E-state index in [4.69, 9.17) is 5.73 Å². The van der Waals surface area contributed by atoms with Gasteiger partial charge in [-0.05, 0) is 24.0 Å². The van der Waals surface area contributed by atoms with E-state index in [0.717, 1.165) is 25.9 Å². The van der Waals surface area contributed by atoms with E-state index in [1.54, 1.807) is 0 Å². The fraction of sp³-hybridized carbons (Fsp3) is 0.389. The Morgan fingerprint density at radius 3 is 2.79 bits per heavy atom. The number of nitrogens with zero attached hydrogens (tertiary/aromatic N) is 3. The molecule has 1 aromatic carbocycles. The Labute approximate surface area is 142 Å². The summed E-state index contributed by atoms with van der Waals surface area (Å²) in [6.45, 7) is 4.66. The lowest BCUT2D eigenvalue weighted by atomic mass is 9.98. The third-order valence-corrected chi connectivity index (χ3v) is 4.59. The summed E-state index contributed by atoms with van der Waals surface area (Å²) in [5, 5.41) is 2.95. The van der Waals surface area contributed by atoms with Gasteiger partial charge in [0.25, 0.3) is 5.91 Å². The molecule has 3 rings (SSSR count). The van der Waals surface area contributed by atoms with Crippen LogP contribution in [-0.4, -0.2) is 39.9 Å². The first-order chi connectivity index (χ1) is 11.7. The average molecular weight is 325 g/mol. The van der Waals surface area contributed by atoms with Gasteiger partial charge >= 0.3 is 0 Å². The van der Waals surface area contributed by atoms with Crippen molar-refractivity contribution in [3.8, 4) is 0 Å². The number of hydrogen-bond donors (Lipinski definition) is 2. The molecule has 1 amide bonds. The summed E-state index contributed by atoms with van der Waals surface area (Å²) in [6.07, 6.45) is 4.98. The maximum absolute atomic E-state index is 12.3. The summed E-state index contributed by atoms with van der Waals surface area (Å²) < 4.78 is 0. The Morgan fingerprint density at radius 2 is 2.04 bits per heavy atom. The van der Waals surface area contributed by atoms with Gasteiger partial charge < -0.3 is 11.1 Å². The molecule has 3 N–H and O–H groups in total.